The molecule has 1 aromatic rings. The highest BCUT2D eigenvalue weighted by atomic mass is 16.3. The molecule has 0 saturated heterocycles. The highest BCUT2D eigenvalue weighted by Crippen LogP contribution is 1.97. The molecule has 0 amide bonds. The molecule has 1 rings (SSSR count). The molecule has 3 N–H and O–H groups in total. The first-order valence-electron chi connectivity index (χ1n) is 2.71. The molecule has 0 bridgehead atoms. The Kier molecular flexibility index (Phi) is 1.69. The maximum atomic E-state index is 8.46. The van der Waals surface area contributed by atoms with Gasteiger partial charge in [0.1, 0.15) is 5.82 Å². The van der Waals surface area contributed by atoms with Crippen LogP contribution in [0.3, 0.4) is 0 Å². The molecular formula is C5H9N3O. The summed E-state index contributed by atoms with van der Waals surface area (Å²) in [6, 6.07) is 0. The molecule has 1 heterocycles. The van der Waals surface area contributed by atoms with Gasteiger partial charge in [0.2, 0.25) is 0 Å². The van der Waals surface area contributed by atoms with Crippen LogP contribution in [0.5, 0.6) is 0 Å². The van der Waals surface area contributed by atoms with E-state index in [1.807, 2.05) is 0 Å². The van der Waals surface area contributed by atoms with E-state index in [0.29, 0.717) is 12.4 Å². The van der Waals surface area contributed by atoms with Crippen LogP contribution < -0.4 is 5.73 Å². The Morgan fingerprint density at radius 2 is 2.56 bits per heavy atom. The van der Waals surface area contributed by atoms with Gasteiger partial charge in [-0.25, -0.2) is 4.98 Å². The van der Waals surface area contributed by atoms with Crippen molar-refractivity contribution < 1.29 is 5.11 Å². The molecule has 0 atom stereocenters. The Bertz CT molecular complexity index is 184. The Morgan fingerprint density at radius 3 is 3.00 bits per heavy atom. The highest BCUT2D eigenvalue weighted by Gasteiger charge is 1.92. The monoisotopic (exact) mass is 127 g/mol. The second-order valence-corrected chi connectivity index (χ2v) is 1.74. The summed E-state index contributed by atoms with van der Waals surface area (Å²) in [5, 5.41) is 8.46. The summed E-state index contributed by atoms with van der Waals surface area (Å²) in [5.41, 5.74) is 5.42. The zero-order chi connectivity index (χ0) is 6.69. The van der Waals surface area contributed by atoms with Crippen molar-refractivity contribution in [3.05, 3.63) is 12.5 Å². The lowest BCUT2D eigenvalue weighted by molar-refractivity contribution is 0.277. The van der Waals surface area contributed by atoms with Gasteiger partial charge in [0.05, 0.1) is 19.1 Å². The van der Waals surface area contributed by atoms with E-state index in [1.54, 1.807) is 17.1 Å². The number of nitrogen functional groups attached to an aromatic ring is 1. The van der Waals surface area contributed by atoms with Gasteiger partial charge in [-0.05, 0) is 0 Å². The van der Waals surface area contributed by atoms with Gasteiger partial charge in [0, 0.05) is 6.54 Å². The van der Waals surface area contributed by atoms with Gasteiger partial charge >= 0.3 is 0 Å². The van der Waals surface area contributed by atoms with Crippen molar-refractivity contribution >= 4 is 5.82 Å². The lowest BCUT2D eigenvalue weighted by Gasteiger charge is -1.98. The average molecular weight is 127 g/mol. The summed E-state index contributed by atoms with van der Waals surface area (Å²) in [7, 11) is 0. The zero-order valence-electron chi connectivity index (χ0n) is 4.99. The van der Waals surface area contributed by atoms with Crippen LogP contribution in [-0.4, -0.2) is 21.3 Å². The molecule has 0 aliphatic carbocycles. The van der Waals surface area contributed by atoms with E-state index in [9.17, 15) is 0 Å². The number of anilines is 1. The van der Waals surface area contributed by atoms with Crippen molar-refractivity contribution in [1.82, 2.24) is 9.55 Å². The highest BCUT2D eigenvalue weighted by molar-refractivity contribution is 5.24. The quantitative estimate of drug-likeness (QED) is 0.560. The van der Waals surface area contributed by atoms with Crippen LogP contribution in [0, 0.1) is 0 Å². The first-order chi connectivity index (χ1) is 4.34. The van der Waals surface area contributed by atoms with Crippen molar-refractivity contribution in [2.45, 2.75) is 6.54 Å². The Hall–Kier alpha value is -1.03. The molecule has 0 aliphatic rings. The fraction of sp³-hybridized carbons (Fsp3) is 0.400. The van der Waals surface area contributed by atoms with Crippen LogP contribution in [0.1, 0.15) is 0 Å². The molecule has 4 heteroatoms. The van der Waals surface area contributed by atoms with Crippen molar-refractivity contribution in [1.29, 1.82) is 0 Å². The van der Waals surface area contributed by atoms with Gasteiger partial charge < -0.3 is 15.4 Å². The predicted octanol–water partition coefficient (Wildman–Crippen LogP) is -0.542. The minimum Gasteiger partial charge on any atom is -0.395 e. The molecule has 0 saturated carbocycles. The largest absolute Gasteiger partial charge is 0.395 e. The normalized spacial score (nSPS) is 9.89. The first-order valence-corrected chi connectivity index (χ1v) is 2.71. The predicted molar refractivity (Wildman–Crippen MR) is 33.7 cm³/mol. The molecule has 50 valence electrons. The fourth-order valence-electron chi connectivity index (χ4n) is 0.626. The summed E-state index contributed by atoms with van der Waals surface area (Å²) >= 11 is 0. The molecule has 0 radical (unpaired) electrons. The van der Waals surface area contributed by atoms with Gasteiger partial charge in [-0.2, -0.15) is 0 Å². The third kappa shape index (κ3) is 1.20. The summed E-state index contributed by atoms with van der Waals surface area (Å²) in [4.78, 5) is 3.77. The van der Waals surface area contributed by atoms with E-state index in [1.165, 1.54) is 0 Å². The van der Waals surface area contributed by atoms with Crippen LogP contribution in [-0.2, 0) is 6.54 Å². The molecule has 0 aliphatic heterocycles. The van der Waals surface area contributed by atoms with Crippen LogP contribution in [0.25, 0.3) is 0 Å². The molecule has 1 aromatic heterocycles. The van der Waals surface area contributed by atoms with Gasteiger partial charge in [-0.15, -0.1) is 0 Å². The topological polar surface area (TPSA) is 64.1 Å². The van der Waals surface area contributed by atoms with E-state index in [0.717, 1.165) is 0 Å². The van der Waals surface area contributed by atoms with Crippen molar-refractivity contribution in [2.24, 2.45) is 0 Å². The van der Waals surface area contributed by atoms with Gasteiger partial charge in [0.25, 0.3) is 0 Å². The Morgan fingerprint density at radius 1 is 1.78 bits per heavy atom. The number of imidazole rings is 1. The SMILES string of the molecule is Nc1cncn1CCO. The summed E-state index contributed by atoms with van der Waals surface area (Å²) < 4.78 is 1.68. The third-order valence-electron chi connectivity index (χ3n) is 1.09. The molecule has 0 spiro atoms. The van der Waals surface area contributed by atoms with E-state index in [4.69, 9.17) is 10.8 Å². The maximum Gasteiger partial charge on any atom is 0.123 e. The lowest BCUT2D eigenvalue weighted by atomic mass is 10.6. The van der Waals surface area contributed by atoms with Crippen LogP contribution in [0.4, 0.5) is 5.82 Å². The fourth-order valence-corrected chi connectivity index (χ4v) is 0.626. The molecule has 0 fully saturated rings. The van der Waals surface area contributed by atoms with Crippen molar-refractivity contribution in [3.63, 3.8) is 0 Å². The van der Waals surface area contributed by atoms with E-state index in [-0.39, 0.29) is 6.61 Å². The number of hydrogen-bond acceptors (Lipinski definition) is 3. The average Bonchev–Trinajstić information content (AvgIpc) is 2.18. The maximum absolute atomic E-state index is 8.46. The lowest BCUT2D eigenvalue weighted by Crippen LogP contribution is -2.03. The molecule has 0 unspecified atom stereocenters. The number of aromatic nitrogens is 2. The number of aliphatic hydroxyl groups excluding tert-OH is 1. The minimum atomic E-state index is 0.0978. The number of rotatable bonds is 2. The molecule has 4 nitrogen and oxygen atoms in total. The zero-order valence-corrected chi connectivity index (χ0v) is 4.99. The molecule has 9 heavy (non-hydrogen) atoms. The smallest absolute Gasteiger partial charge is 0.123 e. The molecular weight excluding hydrogens is 118 g/mol. The van der Waals surface area contributed by atoms with E-state index < -0.39 is 0 Å². The summed E-state index contributed by atoms with van der Waals surface area (Å²) in [6.07, 6.45) is 3.14. The molecule has 0 aromatic carbocycles. The summed E-state index contributed by atoms with van der Waals surface area (Å²) in [6.45, 7) is 0.617. The van der Waals surface area contributed by atoms with Crippen molar-refractivity contribution in [3.8, 4) is 0 Å². The van der Waals surface area contributed by atoms with Crippen LogP contribution >= 0.6 is 0 Å². The van der Waals surface area contributed by atoms with Crippen LogP contribution in [0.2, 0.25) is 0 Å². The van der Waals surface area contributed by atoms with Gasteiger partial charge in [-0.3, -0.25) is 0 Å². The number of nitrogens with two attached hydrogens (primary N) is 1. The summed E-state index contributed by atoms with van der Waals surface area (Å²) in [5.74, 6) is 0.587. The Balaban J connectivity index is 2.69. The number of hydrogen-bond donors (Lipinski definition) is 2. The number of nitrogens with zero attached hydrogens (tertiary/aromatic N) is 2. The Labute approximate surface area is 52.9 Å². The van der Waals surface area contributed by atoms with Crippen LogP contribution in [0.15, 0.2) is 12.5 Å². The van der Waals surface area contributed by atoms with Crippen molar-refractivity contribution in [2.75, 3.05) is 12.3 Å². The standard InChI is InChI=1S/C5H9N3O/c6-5-3-7-4-8(5)1-2-9/h3-4,9H,1-2,6H2. The number of aliphatic hydroxyl groups is 1. The second kappa shape index (κ2) is 2.50. The van der Waals surface area contributed by atoms with Gasteiger partial charge in [-0.1, -0.05) is 0 Å². The van der Waals surface area contributed by atoms with E-state index in [2.05, 4.69) is 4.98 Å². The first kappa shape index (κ1) is 6.10. The minimum absolute atomic E-state index is 0.0978. The second-order valence-electron chi connectivity index (χ2n) is 1.74. The van der Waals surface area contributed by atoms with E-state index >= 15 is 0 Å². The van der Waals surface area contributed by atoms with Gasteiger partial charge in [0.15, 0.2) is 0 Å². The third-order valence-corrected chi connectivity index (χ3v) is 1.09.